The van der Waals surface area contributed by atoms with E-state index in [4.69, 9.17) is 0 Å². The molecule has 0 amide bonds. The van der Waals surface area contributed by atoms with Gasteiger partial charge in [-0.25, -0.2) is 0 Å². The van der Waals surface area contributed by atoms with Crippen LogP contribution < -0.4 is 0 Å². The molecule has 0 N–H and O–H groups in total. The van der Waals surface area contributed by atoms with Gasteiger partial charge in [-0.05, 0) is 92.3 Å². The van der Waals surface area contributed by atoms with Crippen molar-refractivity contribution in [2.24, 2.45) is 17.3 Å². The van der Waals surface area contributed by atoms with Crippen LogP contribution in [0.15, 0.2) is 35.5 Å². The maximum atomic E-state index is 11.7. The lowest BCUT2D eigenvalue weighted by molar-refractivity contribution is -0.114. The standard InChI is InChI=1S/C21H28O/c1-2-3-11-21-12-4-5-20(21)19-8-6-15-14-16(22)7-9-17(15)18(19)10-13-21/h2,14,19-20H,1,3-13H2/t19-,20+,21+/m1/s1. The summed E-state index contributed by atoms with van der Waals surface area (Å²) in [5, 5.41) is 0. The van der Waals surface area contributed by atoms with E-state index in [9.17, 15) is 4.79 Å². The van der Waals surface area contributed by atoms with Crippen molar-refractivity contribution in [1.82, 2.24) is 0 Å². The van der Waals surface area contributed by atoms with Gasteiger partial charge >= 0.3 is 0 Å². The van der Waals surface area contributed by atoms with Crippen LogP contribution in [0.2, 0.25) is 0 Å². The average Bonchev–Trinajstić information content (AvgIpc) is 2.96. The van der Waals surface area contributed by atoms with Gasteiger partial charge in [-0.3, -0.25) is 4.79 Å². The fourth-order valence-electron chi connectivity index (χ4n) is 6.15. The number of hydrogen-bond donors (Lipinski definition) is 0. The van der Waals surface area contributed by atoms with E-state index in [0.717, 1.165) is 31.1 Å². The maximum absolute atomic E-state index is 11.7. The van der Waals surface area contributed by atoms with Gasteiger partial charge in [0.05, 0.1) is 0 Å². The molecule has 0 unspecified atom stereocenters. The normalized spacial score (nSPS) is 37.3. The van der Waals surface area contributed by atoms with E-state index in [-0.39, 0.29) is 0 Å². The van der Waals surface area contributed by atoms with Crippen LogP contribution in [0.4, 0.5) is 0 Å². The van der Waals surface area contributed by atoms with Crippen LogP contribution >= 0.6 is 0 Å². The second-order valence-corrected chi connectivity index (χ2v) is 7.97. The van der Waals surface area contributed by atoms with Crippen LogP contribution in [-0.2, 0) is 4.79 Å². The lowest BCUT2D eigenvalue weighted by Gasteiger charge is -2.49. The number of ketones is 1. The predicted octanol–water partition coefficient (Wildman–Crippen LogP) is 5.53. The minimum Gasteiger partial charge on any atom is -0.295 e. The highest BCUT2D eigenvalue weighted by Gasteiger charge is 2.50. The third-order valence-electron chi connectivity index (χ3n) is 7.10. The fraction of sp³-hybridized carbons (Fsp3) is 0.667. The number of carbonyl (C=O) groups excluding carboxylic acids is 1. The minimum absolute atomic E-state index is 0.356. The first kappa shape index (κ1) is 14.5. The molecule has 0 aromatic carbocycles. The molecule has 0 spiro atoms. The number of hydrogen-bond acceptors (Lipinski definition) is 1. The van der Waals surface area contributed by atoms with Gasteiger partial charge in [0.15, 0.2) is 5.78 Å². The van der Waals surface area contributed by atoms with Crippen LogP contribution in [0.1, 0.15) is 70.6 Å². The topological polar surface area (TPSA) is 17.1 Å². The summed E-state index contributed by atoms with van der Waals surface area (Å²) < 4.78 is 0. The Balaban J connectivity index is 1.67. The van der Waals surface area contributed by atoms with Crippen molar-refractivity contribution in [3.05, 3.63) is 35.5 Å². The highest BCUT2D eigenvalue weighted by molar-refractivity contribution is 5.93. The molecule has 0 saturated heterocycles. The summed E-state index contributed by atoms with van der Waals surface area (Å²) in [6, 6.07) is 0. The van der Waals surface area contributed by atoms with Gasteiger partial charge < -0.3 is 0 Å². The van der Waals surface area contributed by atoms with Crippen molar-refractivity contribution in [1.29, 1.82) is 0 Å². The monoisotopic (exact) mass is 296 g/mol. The smallest absolute Gasteiger partial charge is 0.156 e. The van der Waals surface area contributed by atoms with Crippen LogP contribution in [0, 0.1) is 17.3 Å². The van der Waals surface area contributed by atoms with Gasteiger partial charge in [0, 0.05) is 6.42 Å². The first-order chi connectivity index (χ1) is 10.7. The molecule has 0 aliphatic heterocycles. The number of allylic oxidation sites excluding steroid dienone is 5. The molecule has 22 heavy (non-hydrogen) atoms. The molecule has 118 valence electrons. The van der Waals surface area contributed by atoms with E-state index < -0.39 is 0 Å². The number of rotatable bonds is 3. The van der Waals surface area contributed by atoms with Crippen molar-refractivity contribution in [3.63, 3.8) is 0 Å². The quantitative estimate of drug-likeness (QED) is 0.626. The SMILES string of the molecule is C=CCC[C@@]12CCC[C@H]1[C@@H]1CCC3=CC(=O)CCC3=C1CC2. The van der Waals surface area contributed by atoms with Crippen LogP contribution in [0.3, 0.4) is 0 Å². The maximum Gasteiger partial charge on any atom is 0.156 e. The van der Waals surface area contributed by atoms with Crippen molar-refractivity contribution in [3.8, 4) is 0 Å². The highest BCUT2D eigenvalue weighted by Crippen LogP contribution is 2.61. The summed E-state index contributed by atoms with van der Waals surface area (Å²) in [5.74, 6) is 2.11. The molecule has 0 bridgehead atoms. The Hall–Kier alpha value is -1.11. The van der Waals surface area contributed by atoms with E-state index >= 15 is 0 Å². The average molecular weight is 296 g/mol. The lowest BCUT2D eigenvalue weighted by atomic mass is 9.56. The second-order valence-electron chi connectivity index (χ2n) is 7.97. The van der Waals surface area contributed by atoms with Crippen LogP contribution in [-0.4, -0.2) is 5.78 Å². The van der Waals surface area contributed by atoms with E-state index in [2.05, 4.69) is 12.7 Å². The van der Waals surface area contributed by atoms with Gasteiger partial charge in [0.25, 0.3) is 0 Å². The molecule has 0 aromatic rings. The van der Waals surface area contributed by atoms with Gasteiger partial charge in [-0.15, -0.1) is 6.58 Å². The molecule has 0 radical (unpaired) electrons. The van der Waals surface area contributed by atoms with E-state index in [0.29, 0.717) is 11.2 Å². The van der Waals surface area contributed by atoms with E-state index in [1.165, 1.54) is 56.9 Å². The molecule has 1 heteroatoms. The third-order valence-corrected chi connectivity index (χ3v) is 7.10. The zero-order valence-corrected chi connectivity index (χ0v) is 13.7. The predicted molar refractivity (Wildman–Crippen MR) is 90.5 cm³/mol. The molecule has 4 aliphatic rings. The molecule has 0 heterocycles. The zero-order valence-electron chi connectivity index (χ0n) is 13.7. The van der Waals surface area contributed by atoms with Crippen molar-refractivity contribution in [2.45, 2.75) is 70.6 Å². The summed E-state index contributed by atoms with van der Waals surface area (Å²) in [7, 11) is 0. The summed E-state index contributed by atoms with van der Waals surface area (Å²) in [6.45, 7) is 3.95. The molecule has 2 fully saturated rings. The third kappa shape index (κ3) is 2.16. The molecule has 1 nitrogen and oxygen atoms in total. The Kier molecular flexibility index (Phi) is 3.63. The fourth-order valence-corrected chi connectivity index (χ4v) is 6.15. The summed E-state index contributed by atoms with van der Waals surface area (Å²) >= 11 is 0. The molecule has 3 atom stereocenters. The van der Waals surface area contributed by atoms with Crippen molar-refractivity contribution < 1.29 is 4.79 Å². The highest BCUT2D eigenvalue weighted by atomic mass is 16.1. The van der Waals surface area contributed by atoms with Crippen molar-refractivity contribution in [2.75, 3.05) is 0 Å². The lowest BCUT2D eigenvalue weighted by Crippen LogP contribution is -2.38. The van der Waals surface area contributed by atoms with Gasteiger partial charge in [-0.2, -0.15) is 0 Å². The first-order valence-electron chi connectivity index (χ1n) is 9.30. The summed E-state index contributed by atoms with van der Waals surface area (Å²) in [4.78, 5) is 11.7. The van der Waals surface area contributed by atoms with Crippen LogP contribution in [0.25, 0.3) is 0 Å². The minimum atomic E-state index is 0.356. The van der Waals surface area contributed by atoms with E-state index in [1.807, 2.05) is 6.08 Å². The Morgan fingerprint density at radius 3 is 2.95 bits per heavy atom. The first-order valence-corrected chi connectivity index (χ1v) is 9.30. The Morgan fingerprint density at radius 1 is 1.18 bits per heavy atom. The molecular weight excluding hydrogens is 268 g/mol. The van der Waals surface area contributed by atoms with E-state index in [1.54, 1.807) is 11.1 Å². The second kappa shape index (κ2) is 5.51. The van der Waals surface area contributed by atoms with Gasteiger partial charge in [0.2, 0.25) is 0 Å². The number of carbonyl (C=O) groups is 1. The number of fused-ring (bicyclic) bond motifs is 4. The largest absolute Gasteiger partial charge is 0.295 e. The molecule has 4 aliphatic carbocycles. The van der Waals surface area contributed by atoms with Gasteiger partial charge in [0.1, 0.15) is 0 Å². The Labute approximate surface area is 134 Å². The molecule has 2 saturated carbocycles. The molecule has 4 rings (SSSR count). The van der Waals surface area contributed by atoms with Crippen LogP contribution in [0.5, 0.6) is 0 Å². The Bertz CT molecular complexity index is 564. The van der Waals surface area contributed by atoms with Gasteiger partial charge in [-0.1, -0.05) is 18.1 Å². The summed E-state index contributed by atoms with van der Waals surface area (Å²) in [5.41, 5.74) is 5.40. The Morgan fingerprint density at radius 2 is 2.09 bits per heavy atom. The van der Waals surface area contributed by atoms with Crippen molar-refractivity contribution >= 4 is 5.78 Å². The summed E-state index contributed by atoms with van der Waals surface area (Å²) in [6.07, 6.45) is 17.9. The molecule has 0 aromatic heterocycles. The zero-order chi connectivity index (χ0) is 15.2. The molecular formula is C21H28O.